The van der Waals surface area contributed by atoms with Gasteiger partial charge in [0.05, 0.1) is 36.0 Å². The maximum absolute atomic E-state index is 9.56. The molecule has 0 saturated carbocycles. The van der Waals surface area contributed by atoms with Gasteiger partial charge in [-0.3, -0.25) is 4.90 Å². The second kappa shape index (κ2) is 11.2. The minimum Gasteiger partial charge on any atom is -0.504 e. The van der Waals surface area contributed by atoms with Gasteiger partial charge in [-0.2, -0.15) is 19.7 Å². The molecule has 0 spiro atoms. The van der Waals surface area contributed by atoms with E-state index in [-0.39, 0.29) is 5.75 Å². The van der Waals surface area contributed by atoms with Crippen LogP contribution in [0, 0.1) is 20.8 Å². The first-order valence-corrected chi connectivity index (χ1v) is 12.9. The number of anilines is 1. The van der Waals surface area contributed by atoms with Crippen molar-refractivity contribution in [2.24, 2.45) is 0 Å². The Kier molecular flexibility index (Phi) is 7.57. The van der Waals surface area contributed by atoms with Crippen molar-refractivity contribution in [3.05, 3.63) is 59.3 Å². The molecule has 2 saturated heterocycles. The summed E-state index contributed by atoms with van der Waals surface area (Å²) in [5.41, 5.74) is 5.65. The van der Waals surface area contributed by atoms with E-state index in [0.29, 0.717) is 23.0 Å². The first-order chi connectivity index (χ1) is 18.0. The van der Waals surface area contributed by atoms with Crippen LogP contribution in [0.15, 0.2) is 36.4 Å². The number of fused-ring (bicyclic) bond motifs is 1. The molecule has 10 heteroatoms. The van der Waals surface area contributed by atoms with Gasteiger partial charge in [0, 0.05) is 44.0 Å². The zero-order valence-corrected chi connectivity index (χ0v) is 21.8. The van der Waals surface area contributed by atoms with Crippen molar-refractivity contribution in [3.63, 3.8) is 0 Å². The van der Waals surface area contributed by atoms with E-state index in [2.05, 4.69) is 71.5 Å². The molecular weight excluding hydrogens is 468 g/mol. The highest BCUT2D eigenvalue weighted by atomic mass is 16.5. The van der Waals surface area contributed by atoms with E-state index < -0.39 is 0 Å². The molecule has 0 amide bonds. The molecule has 0 aliphatic carbocycles. The number of hydrogen-bond donors (Lipinski definition) is 1. The van der Waals surface area contributed by atoms with Crippen molar-refractivity contribution >= 4 is 11.5 Å². The van der Waals surface area contributed by atoms with Gasteiger partial charge in [-0.1, -0.05) is 12.1 Å². The Labute approximate surface area is 216 Å². The summed E-state index contributed by atoms with van der Waals surface area (Å²) >= 11 is 0. The van der Waals surface area contributed by atoms with Crippen LogP contribution in [0.5, 0.6) is 5.75 Å². The number of aryl methyl sites for hydroxylation is 3. The number of benzene rings is 1. The zero-order chi connectivity index (χ0) is 25.8. The number of hydrogen-bond acceptors (Lipinski definition) is 9. The predicted molar refractivity (Wildman–Crippen MR) is 142 cm³/mol. The first kappa shape index (κ1) is 25.0. The molecule has 37 heavy (non-hydrogen) atoms. The molecule has 1 N–H and O–H groups in total. The first-order valence-electron chi connectivity index (χ1n) is 12.9. The number of ether oxygens (including phenoxy) is 1. The highest BCUT2D eigenvalue weighted by molar-refractivity contribution is 5.63. The highest BCUT2D eigenvalue weighted by Gasteiger charge is 2.14. The summed E-state index contributed by atoms with van der Waals surface area (Å²) in [6.07, 6.45) is 2.61. The van der Waals surface area contributed by atoms with Gasteiger partial charge >= 0.3 is 0 Å². The van der Waals surface area contributed by atoms with Crippen LogP contribution in [0.1, 0.15) is 35.7 Å². The predicted octanol–water partition coefficient (Wildman–Crippen LogP) is 3.33. The molecule has 0 unspecified atom stereocenters. The van der Waals surface area contributed by atoms with Crippen molar-refractivity contribution in [2.45, 2.75) is 40.2 Å². The highest BCUT2D eigenvalue weighted by Crippen LogP contribution is 2.24. The summed E-state index contributed by atoms with van der Waals surface area (Å²) in [6, 6.07) is 12.9. The fourth-order valence-electron chi connectivity index (χ4n) is 4.67. The smallest absolute Gasteiger partial charge is 0.253 e. The van der Waals surface area contributed by atoms with Crippen LogP contribution < -0.4 is 4.90 Å². The standard InChI is InChI=1S/C19H24N4O.C8H10N4O/c1-2-10-23(9-1)18-6-3-16(4-7-18)19-8-5-17(20-21-19)15-22-11-13-24-14-12-22;1-4-7(13)5(2)12-8(9-4)10-6(3)11-12/h3-8H,1-2,9-15H2;13H,1-3H3. The Bertz CT molecular complexity index is 1330. The lowest BCUT2D eigenvalue weighted by atomic mass is 10.1. The summed E-state index contributed by atoms with van der Waals surface area (Å²) in [6.45, 7) is 12.1. The molecule has 0 atom stereocenters. The van der Waals surface area contributed by atoms with Gasteiger partial charge in [0.1, 0.15) is 5.82 Å². The molecule has 2 aliphatic heterocycles. The van der Waals surface area contributed by atoms with Gasteiger partial charge in [0.25, 0.3) is 5.78 Å². The third-order valence-electron chi connectivity index (χ3n) is 6.81. The van der Waals surface area contributed by atoms with Gasteiger partial charge in [-0.25, -0.2) is 4.98 Å². The minimum atomic E-state index is 0.178. The Morgan fingerprint density at radius 2 is 1.59 bits per heavy atom. The van der Waals surface area contributed by atoms with Crippen molar-refractivity contribution in [2.75, 3.05) is 44.3 Å². The summed E-state index contributed by atoms with van der Waals surface area (Å²) in [5.74, 6) is 1.36. The lowest BCUT2D eigenvalue weighted by molar-refractivity contribution is 0.0335. The molecule has 4 aromatic rings. The molecule has 1 aromatic carbocycles. The molecule has 5 heterocycles. The monoisotopic (exact) mass is 502 g/mol. The van der Waals surface area contributed by atoms with Crippen LogP contribution in [0.4, 0.5) is 5.69 Å². The third kappa shape index (κ3) is 5.86. The number of rotatable bonds is 4. The summed E-state index contributed by atoms with van der Waals surface area (Å²) in [4.78, 5) is 13.0. The quantitative estimate of drug-likeness (QED) is 0.450. The Morgan fingerprint density at radius 3 is 2.27 bits per heavy atom. The summed E-state index contributed by atoms with van der Waals surface area (Å²) in [7, 11) is 0. The Morgan fingerprint density at radius 1 is 0.865 bits per heavy atom. The Hall–Kier alpha value is -3.63. The van der Waals surface area contributed by atoms with E-state index in [9.17, 15) is 5.11 Å². The molecule has 3 aromatic heterocycles. The van der Waals surface area contributed by atoms with Gasteiger partial charge < -0.3 is 14.7 Å². The fourth-order valence-corrected chi connectivity index (χ4v) is 4.67. The van der Waals surface area contributed by atoms with Crippen LogP contribution in [0.25, 0.3) is 17.0 Å². The van der Waals surface area contributed by atoms with E-state index in [4.69, 9.17) is 4.74 Å². The fraction of sp³-hybridized carbons (Fsp3) is 0.444. The van der Waals surface area contributed by atoms with Gasteiger partial charge in [-0.15, -0.1) is 5.10 Å². The van der Waals surface area contributed by atoms with E-state index >= 15 is 0 Å². The summed E-state index contributed by atoms with van der Waals surface area (Å²) in [5, 5.41) is 22.5. The van der Waals surface area contributed by atoms with Crippen LogP contribution in [-0.4, -0.2) is 79.2 Å². The second-order valence-corrected chi connectivity index (χ2v) is 9.54. The molecule has 0 radical (unpaired) electrons. The number of nitrogens with zero attached hydrogens (tertiary/aromatic N) is 8. The maximum atomic E-state index is 9.56. The zero-order valence-electron chi connectivity index (χ0n) is 21.8. The normalized spacial score (nSPS) is 16.1. The lowest BCUT2D eigenvalue weighted by Crippen LogP contribution is -2.35. The third-order valence-corrected chi connectivity index (χ3v) is 6.81. The van der Waals surface area contributed by atoms with Crippen molar-refractivity contribution < 1.29 is 9.84 Å². The Balaban J connectivity index is 0.000000182. The van der Waals surface area contributed by atoms with Gasteiger partial charge in [0.15, 0.2) is 5.75 Å². The van der Waals surface area contributed by atoms with Crippen molar-refractivity contribution in [3.8, 4) is 17.0 Å². The van der Waals surface area contributed by atoms with E-state index in [1.165, 1.54) is 36.1 Å². The van der Waals surface area contributed by atoms with Gasteiger partial charge in [-0.05, 0) is 57.9 Å². The second-order valence-electron chi connectivity index (χ2n) is 9.54. The molecular formula is C27H34N8O2. The molecule has 2 fully saturated rings. The van der Waals surface area contributed by atoms with Crippen LogP contribution in [-0.2, 0) is 11.3 Å². The SMILES string of the molecule is Cc1nc2nc(C)c(O)c(C)n2n1.c1cc(N2CCCC2)ccc1-c1ccc(CN2CCOCC2)nn1. The van der Waals surface area contributed by atoms with E-state index in [0.717, 1.165) is 49.8 Å². The molecule has 194 valence electrons. The molecule has 10 nitrogen and oxygen atoms in total. The van der Waals surface area contributed by atoms with Crippen molar-refractivity contribution in [1.29, 1.82) is 0 Å². The van der Waals surface area contributed by atoms with Crippen LogP contribution >= 0.6 is 0 Å². The number of aromatic hydroxyl groups is 1. The molecule has 2 aliphatic rings. The van der Waals surface area contributed by atoms with E-state index in [1.807, 2.05) is 0 Å². The maximum Gasteiger partial charge on any atom is 0.253 e. The average molecular weight is 503 g/mol. The average Bonchev–Trinajstić information content (AvgIpc) is 3.59. The largest absolute Gasteiger partial charge is 0.504 e. The minimum absolute atomic E-state index is 0.178. The lowest BCUT2D eigenvalue weighted by Gasteiger charge is -2.25. The topological polar surface area (TPSA) is 105 Å². The summed E-state index contributed by atoms with van der Waals surface area (Å²) < 4.78 is 6.92. The van der Waals surface area contributed by atoms with Gasteiger partial charge in [0.2, 0.25) is 0 Å². The van der Waals surface area contributed by atoms with E-state index in [1.54, 1.807) is 20.8 Å². The van der Waals surface area contributed by atoms with Crippen LogP contribution in [0.3, 0.4) is 0 Å². The molecule has 0 bridgehead atoms. The van der Waals surface area contributed by atoms with Crippen LogP contribution in [0.2, 0.25) is 0 Å². The number of morpholine rings is 1. The van der Waals surface area contributed by atoms with Crippen molar-refractivity contribution in [1.82, 2.24) is 34.7 Å². The number of aromatic nitrogens is 6. The molecule has 6 rings (SSSR count).